The smallest absolute Gasteiger partial charge is 0.347 e. The summed E-state index contributed by atoms with van der Waals surface area (Å²) in [5.74, 6) is 0.226. The second-order valence-electron chi connectivity index (χ2n) is 3.10. The number of hydrogen-bond acceptors (Lipinski definition) is 4. The van der Waals surface area contributed by atoms with Gasteiger partial charge in [-0.3, -0.25) is 0 Å². The molecule has 4 heteroatoms. The molecule has 74 valence electrons. The maximum absolute atomic E-state index is 11.1. The lowest BCUT2D eigenvalue weighted by Crippen LogP contribution is -2.22. The van der Waals surface area contributed by atoms with E-state index in [4.69, 9.17) is 15.2 Å². The maximum atomic E-state index is 11.1. The average molecular weight is 193 g/mol. The van der Waals surface area contributed by atoms with E-state index in [0.29, 0.717) is 24.5 Å². The molecule has 1 fully saturated rings. The van der Waals surface area contributed by atoms with Crippen LogP contribution in [0, 0.1) is 0 Å². The zero-order chi connectivity index (χ0) is 9.97. The summed E-state index contributed by atoms with van der Waals surface area (Å²) in [4.78, 5) is 11.1. The van der Waals surface area contributed by atoms with Gasteiger partial charge in [0.1, 0.15) is 5.75 Å². The van der Waals surface area contributed by atoms with Gasteiger partial charge in [0.05, 0.1) is 12.3 Å². The predicted octanol–water partition coefficient (Wildman–Crippen LogP) is 0.963. The molecule has 2 N–H and O–H groups in total. The minimum absolute atomic E-state index is 0.312. The zero-order valence-electron chi connectivity index (χ0n) is 7.60. The lowest BCUT2D eigenvalue weighted by Gasteiger charge is -2.11. The lowest BCUT2D eigenvalue weighted by atomic mass is 10.2. The van der Waals surface area contributed by atoms with Crippen molar-refractivity contribution in [3.05, 3.63) is 24.3 Å². The fraction of sp³-hybridized carbons (Fsp3) is 0.300. The van der Waals surface area contributed by atoms with Crippen LogP contribution in [0.25, 0.3) is 0 Å². The Hall–Kier alpha value is -1.71. The molecule has 1 heterocycles. The number of esters is 1. The third-order valence-electron chi connectivity index (χ3n) is 2.08. The molecule has 1 aliphatic heterocycles. The number of rotatable bonds is 2. The highest BCUT2D eigenvalue weighted by Gasteiger charge is 2.28. The van der Waals surface area contributed by atoms with Crippen molar-refractivity contribution >= 4 is 11.7 Å². The van der Waals surface area contributed by atoms with Crippen molar-refractivity contribution < 1.29 is 14.3 Å². The van der Waals surface area contributed by atoms with Gasteiger partial charge in [-0.1, -0.05) is 12.1 Å². The topological polar surface area (TPSA) is 61.6 Å². The van der Waals surface area contributed by atoms with Gasteiger partial charge in [0.25, 0.3) is 0 Å². The van der Waals surface area contributed by atoms with Crippen LogP contribution in [0.15, 0.2) is 24.3 Å². The Labute approximate surface area is 81.6 Å². The number of nitrogens with two attached hydrogens (primary N) is 1. The largest absolute Gasteiger partial charge is 0.476 e. The van der Waals surface area contributed by atoms with Crippen molar-refractivity contribution in [2.75, 3.05) is 12.3 Å². The molecule has 4 nitrogen and oxygen atoms in total. The summed E-state index contributed by atoms with van der Waals surface area (Å²) < 4.78 is 10.2. The maximum Gasteiger partial charge on any atom is 0.347 e. The number of carbonyl (C=O) groups is 1. The SMILES string of the molecule is Nc1ccccc1OC1CCOC1=O. The van der Waals surface area contributed by atoms with E-state index in [1.807, 2.05) is 12.1 Å². The Morgan fingerprint density at radius 1 is 1.43 bits per heavy atom. The van der Waals surface area contributed by atoms with Gasteiger partial charge in [-0.15, -0.1) is 0 Å². The van der Waals surface area contributed by atoms with Crippen LogP contribution in [0.2, 0.25) is 0 Å². The minimum Gasteiger partial charge on any atom is -0.476 e. The Kier molecular flexibility index (Phi) is 2.26. The van der Waals surface area contributed by atoms with Crippen LogP contribution in [0.5, 0.6) is 5.75 Å². The quantitative estimate of drug-likeness (QED) is 0.561. The summed E-state index contributed by atoms with van der Waals surface area (Å²) >= 11 is 0. The van der Waals surface area contributed by atoms with E-state index < -0.39 is 6.10 Å². The van der Waals surface area contributed by atoms with E-state index in [9.17, 15) is 4.79 Å². The summed E-state index contributed by atoms with van der Waals surface area (Å²) in [6.07, 6.45) is 0.0902. The van der Waals surface area contributed by atoms with Crippen LogP contribution in [-0.4, -0.2) is 18.7 Å². The molecular formula is C10H11NO3. The highest BCUT2D eigenvalue weighted by atomic mass is 16.6. The average Bonchev–Trinajstić information content (AvgIpc) is 2.56. The number of nitrogen functional groups attached to an aromatic ring is 1. The number of anilines is 1. The Morgan fingerprint density at radius 2 is 2.21 bits per heavy atom. The van der Waals surface area contributed by atoms with Gasteiger partial charge < -0.3 is 15.2 Å². The molecule has 1 aromatic rings. The molecule has 0 bridgehead atoms. The van der Waals surface area contributed by atoms with Crippen molar-refractivity contribution in [2.45, 2.75) is 12.5 Å². The van der Waals surface area contributed by atoms with E-state index >= 15 is 0 Å². The second kappa shape index (κ2) is 3.57. The molecule has 0 spiro atoms. The van der Waals surface area contributed by atoms with E-state index in [0.717, 1.165) is 0 Å². The Bertz CT molecular complexity index is 351. The highest BCUT2D eigenvalue weighted by Crippen LogP contribution is 2.23. The van der Waals surface area contributed by atoms with Crippen LogP contribution in [0.4, 0.5) is 5.69 Å². The van der Waals surface area contributed by atoms with Gasteiger partial charge in [0.15, 0.2) is 6.10 Å². The molecular weight excluding hydrogens is 182 g/mol. The van der Waals surface area contributed by atoms with E-state index in [2.05, 4.69) is 0 Å². The highest BCUT2D eigenvalue weighted by molar-refractivity contribution is 5.77. The standard InChI is InChI=1S/C10H11NO3/c11-7-3-1-2-4-8(7)14-9-5-6-13-10(9)12/h1-4,9H,5-6,11H2. The fourth-order valence-electron chi connectivity index (χ4n) is 1.33. The molecule has 1 atom stereocenters. The van der Waals surface area contributed by atoms with Gasteiger partial charge in [-0.2, -0.15) is 0 Å². The molecule has 1 aliphatic rings. The van der Waals surface area contributed by atoms with Crippen molar-refractivity contribution in [2.24, 2.45) is 0 Å². The molecule has 0 saturated carbocycles. The third-order valence-corrected chi connectivity index (χ3v) is 2.08. The van der Waals surface area contributed by atoms with Gasteiger partial charge in [-0.05, 0) is 12.1 Å². The van der Waals surface area contributed by atoms with Crippen molar-refractivity contribution in [1.29, 1.82) is 0 Å². The first-order valence-corrected chi connectivity index (χ1v) is 4.45. The number of ether oxygens (including phenoxy) is 2. The third kappa shape index (κ3) is 1.64. The van der Waals surface area contributed by atoms with Crippen molar-refractivity contribution in [3.63, 3.8) is 0 Å². The molecule has 0 aliphatic carbocycles. The van der Waals surface area contributed by atoms with E-state index in [1.54, 1.807) is 12.1 Å². The molecule has 0 amide bonds. The number of para-hydroxylation sites is 2. The van der Waals surface area contributed by atoms with Gasteiger partial charge in [-0.25, -0.2) is 4.79 Å². The number of hydrogen-bond donors (Lipinski definition) is 1. The van der Waals surface area contributed by atoms with Gasteiger partial charge in [0.2, 0.25) is 0 Å². The zero-order valence-corrected chi connectivity index (χ0v) is 7.60. The number of carbonyl (C=O) groups excluding carboxylic acids is 1. The molecule has 2 rings (SSSR count). The summed E-state index contributed by atoms with van der Waals surface area (Å²) in [6.45, 7) is 0.427. The van der Waals surface area contributed by atoms with Crippen LogP contribution in [-0.2, 0) is 9.53 Å². The monoisotopic (exact) mass is 193 g/mol. The molecule has 1 unspecified atom stereocenters. The summed E-state index contributed by atoms with van der Waals surface area (Å²) in [7, 11) is 0. The van der Waals surface area contributed by atoms with Gasteiger partial charge in [0, 0.05) is 6.42 Å². The molecule has 1 aromatic carbocycles. The first-order chi connectivity index (χ1) is 6.77. The van der Waals surface area contributed by atoms with Crippen LogP contribution < -0.4 is 10.5 Å². The van der Waals surface area contributed by atoms with E-state index in [-0.39, 0.29) is 5.97 Å². The van der Waals surface area contributed by atoms with Crippen molar-refractivity contribution in [3.8, 4) is 5.75 Å². The second-order valence-corrected chi connectivity index (χ2v) is 3.10. The first-order valence-electron chi connectivity index (χ1n) is 4.45. The number of benzene rings is 1. The minimum atomic E-state index is -0.500. The Balaban J connectivity index is 2.10. The molecule has 0 aromatic heterocycles. The summed E-state index contributed by atoms with van der Waals surface area (Å²) in [5.41, 5.74) is 6.20. The van der Waals surface area contributed by atoms with Crippen molar-refractivity contribution in [1.82, 2.24) is 0 Å². The molecule has 0 radical (unpaired) electrons. The summed E-state index contributed by atoms with van der Waals surface area (Å²) in [6, 6.07) is 7.09. The first kappa shape index (κ1) is 8.87. The molecule has 1 saturated heterocycles. The van der Waals surface area contributed by atoms with Gasteiger partial charge >= 0.3 is 5.97 Å². The Morgan fingerprint density at radius 3 is 2.86 bits per heavy atom. The van der Waals surface area contributed by atoms with Crippen LogP contribution in [0.1, 0.15) is 6.42 Å². The van der Waals surface area contributed by atoms with Crippen LogP contribution in [0.3, 0.4) is 0 Å². The fourth-order valence-corrected chi connectivity index (χ4v) is 1.33. The predicted molar refractivity (Wildman–Crippen MR) is 50.8 cm³/mol. The van der Waals surface area contributed by atoms with Crippen LogP contribution >= 0.6 is 0 Å². The lowest BCUT2D eigenvalue weighted by molar-refractivity contribution is -0.143. The normalized spacial score (nSPS) is 20.6. The summed E-state index contributed by atoms with van der Waals surface area (Å²) in [5, 5.41) is 0. The molecule has 14 heavy (non-hydrogen) atoms. The van der Waals surface area contributed by atoms with E-state index in [1.165, 1.54) is 0 Å². The number of cyclic esters (lactones) is 1.